The third kappa shape index (κ3) is 5.04. The fourth-order valence-corrected chi connectivity index (χ4v) is 2.97. The van der Waals surface area contributed by atoms with Gasteiger partial charge in [0.05, 0.1) is 18.3 Å². The number of aliphatic hydroxyl groups excluding tert-OH is 2. The second kappa shape index (κ2) is 8.94. The molecule has 3 rings (SSSR count). The quantitative estimate of drug-likeness (QED) is 0.599. The minimum absolute atomic E-state index is 0.233. The maximum atomic E-state index is 12.9. The molecule has 0 aliphatic carbocycles. The molecule has 0 saturated carbocycles. The van der Waals surface area contributed by atoms with E-state index in [9.17, 15) is 15.0 Å². The van der Waals surface area contributed by atoms with Crippen LogP contribution in [0.2, 0.25) is 0 Å². The van der Waals surface area contributed by atoms with Gasteiger partial charge in [-0.1, -0.05) is 12.1 Å². The van der Waals surface area contributed by atoms with E-state index in [1.165, 1.54) is 0 Å². The average Bonchev–Trinajstić information content (AvgIpc) is 2.73. The standard InChI is InChI=1S/C23H25N3O3/c1-14-4-7-21(25-11-14)18-8-19(22(28)13-27)10-20(9-18)23(29)26-16(3)17-6-5-15(2)24-12-17/h4-12,16,22,27-28H,13H2,1-3H3,(H,26,29)/t16-,22?/m1/s1. The van der Waals surface area contributed by atoms with Gasteiger partial charge in [0.15, 0.2) is 0 Å². The van der Waals surface area contributed by atoms with Gasteiger partial charge in [0.25, 0.3) is 5.91 Å². The van der Waals surface area contributed by atoms with Crippen LogP contribution in [0, 0.1) is 13.8 Å². The summed E-state index contributed by atoms with van der Waals surface area (Å²) in [5.41, 5.74) is 5.07. The molecule has 2 heterocycles. The van der Waals surface area contributed by atoms with Crippen LogP contribution in [0.25, 0.3) is 11.3 Å². The van der Waals surface area contributed by atoms with Gasteiger partial charge in [-0.05, 0) is 67.8 Å². The van der Waals surface area contributed by atoms with E-state index >= 15 is 0 Å². The van der Waals surface area contributed by atoms with Crippen LogP contribution < -0.4 is 5.32 Å². The van der Waals surface area contributed by atoms with Gasteiger partial charge in [0.2, 0.25) is 0 Å². The van der Waals surface area contributed by atoms with E-state index in [1.54, 1.807) is 30.6 Å². The topological polar surface area (TPSA) is 95.3 Å². The summed E-state index contributed by atoms with van der Waals surface area (Å²) in [5, 5.41) is 22.4. The van der Waals surface area contributed by atoms with Crippen LogP contribution in [0.15, 0.2) is 54.9 Å². The molecule has 0 fully saturated rings. The average molecular weight is 391 g/mol. The summed E-state index contributed by atoms with van der Waals surface area (Å²) < 4.78 is 0. The molecular formula is C23H25N3O3. The number of nitrogens with one attached hydrogen (secondary N) is 1. The first kappa shape index (κ1) is 20.6. The number of rotatable bonds is 6. The molecule has 6 heteroatoms. The smallest absolute Gasteiger partial charge is 0.251 e. The SMILES string of the molecule is Cc1ccc(-c2cc(C(=O)N[C@H](C)c3ccc(C)nc3)cc(C(O)CO)c2)nc1. The van der Waals surface area contributed by atoms with E-state index in [0.29, 0.717) is 22.4 Å². The Labute approximate surface area is 170 Å². The van der Waals surface area contributed by atoms with Crippen molar-refractivity contribution < 1.29 is 15.0 Å². The maximum Gasteiger partial charge on any atom is 0.251 e. The summed E-state index contributed by atoms with van der Waals surface area (Å²) in [7, 11) is 0. The summed E-state index contributed by atoms with van der Waals surface area (Å²) in [5.74, 6) is -0.279. The number of aliphatic hydroxyl groups is 2. The highest BCUT2D eigenvalue weighted by Crippen LogP contribution is 2.25. The molecule has 1 unspecified atom stereocenters. The number of carbonyl (C=O) groups is 1. The minimum atomic E-state index is -1.08. The molecule has 0 aliphatic rings. The van der Waals surface area contributed by atoms with E-state index < -0.39 is 12.7 Å². The van der Waals surface area contributed by atoms with Crippen LogP contribution in [0.4, 0.5) is 0 Å². The molecule has 29 heavy (non-hydrogen) atoms. The third-order valence-corrected chi connectivity index (χ3v) is 4.76. The zero-order valence-corrected chi connectivity index (χ0v) is 16.8. The Morgan fingerprint density at radius 1 is 1.03 bits per heavy atom. The highest BCUT2D eigenvalue weighted by atomic mass is 16.3. The normalized spacial score (nSPS) is 13.0. The zero-order valence-electron chi connectivity index (χ0n) is 16.8. The summed E-state index contributed by atoms with van der Waals surface area (Å²) in [6, 6.07) is 12.5. The fraction of sp³-hybridized carbons (Fsp3) is 0.261. The first-order valence-electron chi connectivity index (χ1n) is 9.47. The van der Waals surface area contributed by atoms with Crippen molar-refractivity contribution >= 4 is 5.91 Å². The van der Waals surface area contributed by atoms with Gasteiger partial charge < -0.3 is 15.5 Å². The number of hydrogen-bond donors (Lipinski definition) is 3. The highest BCUT2D eigenvalue weighted by Gasteiger charge is 2.17. The van der Waals surface area contributed by atoms with Crippen molar-refractivity contribution in [2.75, 3.05) is 6.61 Å². The predicted molar refractivity (Wildman–Crippen MR) is 111 cm³/mol. The molecule has 0 aliphatic heterocycles. The monoisotopic (exact) mass is 391 g/mol. The lowest BCUT2D eigenvalue weighted by Gasteiger charge is -2.16. The first-order chi connectivity index (χ1) is 13.9. The lowest BCUT2D eigenvalue weighted by molar-refractivity contribution is 0.0928. The van der Waals surface area contributed by atoms with Crippen LogP contribution in [0.3, 0.4) is 0 Å². The number of aryl methyl sites for hydroxylation is 2. The third-order valence-electron chi connectivity index (χ3n) is 4.76. The van der Waals surface area contributed by atoms with Crippen molar-refractivity contribution in [3.8, 4) is 11.3 Å². The Hall–Kier alpha value is -3.09. The van der Waals surface area contributed by atoms with E-state index in [-0.39, 0.29) is 11.9 Å². The molecule has 3 aromatic rings. The molecule has 0 radical (unpaired) electrons. The second-order valence-corrected chi connectivity index (χ2v) is 7.19. The minimum Gasteiger partial charge on any atom is -0.393 e. The van der Waals surface area contributed by atoms with Crippen LogP contribution in [-0.2, 0) is 0 Å². The molecule has 6 nitrogen and oxygen atoms in total. The van der Waals surface area contributed by atoms with E-state index in [0.717, 1.165) is 16.8 Å². The number of pyridine rings is 2. The second-order valence-electron chi connectivity index (χ2n) is 7.19. The number of carbonyl (C=O) groups excluding carboxylic acids is 1. The van der Waals surface area contributed by atoms with Crippen molar-refractivity contribution in [3.05, 3.63) is 82.8 Å². The lowest BCUT2D eigenvalue weighted by Crippen LogP contribution is -2.27. The number of amides is 1. The molecule has 3 N–H and O–H groups in total. The number of nitrogens with zero attached hydrogens (tertiary/aromatic N) is 2. The Morgan fingerprint density at radius 3 is 2.45 bits per heavy atom. The van der Waals surface area contributed by atoms with E-state index in [1.807, 2.05) is 45.0 Å². The van der Waals surface area contributed by atoms with Crippen molar-refractivity contribution in [1.29, 1.82) is 0 Å². The lowest BCUT2D eigenvalue weighted by atomic mass is 9.99. The van der Waals surface area contributed by atoms with Crippen molar-refractivity contribution in [1.82, 2.24) is 15.3 Å². The largest absolute Gasteiger partial charge is 0.393 e. The maximum absolute atomic E-state index is 12.9. The Balaban J connectivity index is 1.92. The Bertz CT molecular complexity index is 985. The molecule has 150 valence electrons. The van der Waals surface area contributed by atoms with Gasteiger partial charge in [-0.2, -0.15) is 0 Å². The van der Waals surface area contributed by atoms with Crippen molar-refractivity contribution in [2.45, 2.75) is 32.9 Å². The molecule has 1 aromatic carbocycles. The summed E-state index contributed by atoms with van der Waals surface area (Å²) in [6.45, 7) is 5.31. The summed E-state index contributed by atoms with van der Waals surface area (Å²) in [6.07, 6.45) is 2.41. The fourth-order valence-electron chi connectivity index (χ4n) is 2.97. The highest BCUT2D eigenvalue weighted by molar-refractivity contribution is 5.96. The Kier molecular flexibility index (Phi) is 6.36. The van der Waals surface area contributed by atoms with Crippen LogP contribution in [-0.4, -0.2) is 32.7 Å². The summed E-state index contributed by atoms with van der Waals surface area (Å²) >= 11 is 0. The van der Waals surface area contributed by atoms with Gasteiger partial charge in [-0.3, -0.25) is 14.8 Å². The molecule has 0 bridgehead atoms. The van der Waals surface area contributed by atoms with Crippen LogP contribution >= 0.6 is 0 Å². The molecule has 0 saturated heterocycles. The van der Waals surface area contributed by atoms with Crippen molar-refractivity contribution in [2.24, 2.45) is 0 Å². The zero-order chi connectivity index (χ0) is 21.0. The van der Waals surface area contributed by atoms with Crippen LogP contribution in [0.5, 0.6) is 0 Å². The van der Waals surface area contributed by atoms with Crippen molar-refractivity contribution in [3.63, 3.8) is 0 Å². The van der Waals surface area contributed by atoms with Crippen LogP contribution in [0.1, 0.15) is 51.8 Å². The van der Waals surface area contributed by atoms with E-state index in [2.05, 4.69) is 15.3 Å². The number of aromatic nitrogens is 2. The molecule has 2 aromatic heterocycles. The van der Waals surface area contributed by atoms with Gasteiger partial charge in [-0.25, -0.2) is 0 Å². The van der Waals surface area contributed by atoms with Gasteiger partial charge >= 0.3 is 0 Å². The van der Waals surface area contributed by atoms with Gasteiger partial charge in [-0.15, -0.1) is 0 Å². The number of benzene rings is 1. The summed E-state index contributed by atoms with van der Waals surface area (Å²) in [4.78, 5) is 21.6. The molecular weight excluding hydrogens is 366 g/mol. The first-order valence-corrected chi connectivity index (χ1v) is 9.47. The molecule has 0 spiro atoms. The van der Waals surface area contributed by atoms with Gasteiger partial charge in [0, 0.05) is 29.2 Å². The Morgan fingerprint density at radius 2 is 1.83 bits per heavy atom. The van der Waals surface area contributed by atoms with E-state index in [4.69, 9.17) is 0 Å². The molecule has 2 atom stereocenters. The predicted octanol–water partition coefficient (Wildman–Crippen LogP) is 3.28. The number of hydrogen-bond acceptors (Lipinski definition) is 5. The molecule has 1 amide bonds. The van der Waals surface area contributed by atoms with Gasteiger partial charge in [0.1, 0.15) is 6.10 Å².